The minimum absolute atomic E-state index is 0.0536. The fraction of sp³-hybridized carbons (Fsp3) is 0.391. The molecule has 2 aromatic rings. The summed E-state index contributed by atoms with van der Waals surface area (Å²) in [6.07, 6.45) is 1.11. The average Bonchev–Trinajstić information content (AvgIpc) is 2.73. The molecule has 0 unspecified atom stereocenters. The van der Waals surface area contributed by atoms with Gasteiger partial charge in [-0.3, -0.25) is 9.59 Å². The highest BCUT2D eigenvalue weighted by Crippen LogP contribution is 2.19. The Morgan fingerprint density at radius 1 is 0.933 bits per heavy atom. The van der Waals surface area contributed by atoms with Crippen LogP contribution < -0.4 is 0 Å². The predicted molar refractivity (Wildman–Crippen MR) is 116 cm³/mol. The van der Waals surface area contributed by atoms with Gasteiger partial charge in [-0.25, -0.2) is 8.42 Å². The van der Waals surface area contributed by atoms with Gasteiger partial charge < -0.3 is 4.90 Å². The fourth-order valence-corrected chi connectivity index (χ4v) is 5.14. The molecule has 0 spiro atoms. The zero-order valence-corrected chi connectivity index (χ0v) is 18.5. The van der Waals surface area contributed by atoms with E-state index in [0.29, 0.717) is 31.5 Å². The molecule has 0 atom stereocenters. The molecule has 1 aliphatic heterocycles. The highest BCUT2D eigenvalue weighted by atomic mass is 32.2. The number of nitrogens with zero attached hydrogens (tertiary/aromatic N) is 2. The fourth-order valence-electron chi connectivity index (χ4n) is 3.71. The molecule has 7 heteroatoms. The summed E-state index contributed by atoms with van der Waals surface area (Å²) in [5.74, 6) is -0.0512. The van der Waals surface area contributed by atoms with Crippen molar-refractivity contribution in [1.29, 1.82) is 0 Å². The van der Waals surface area contributed by atoms with Gasteiger partial charge in [0.2, 0.25) is 15.9 Å². The Labute approximate surface area is 178 Å². The number of sulfonamides is 1. The van der Waals surface area contributed by atoms with Crippen molar-refractivity contribution in [1.82, 2.24) is 9.21 Å². The van der Waals surface area contributed by atoms with Gasteiger partial charge in [0.1, 0.15) is 0 Å². The SMILES string of the molecule is CC(=O)c1ccc(S(=O)(=O)N2CCN(C(=O)CCc3ccc(C)cc3C)CC2)cc1. The van der Waals surface area contributed by atoms with E-state index in [-0.39, 0.29) is 29.7 Å². The molecule has 160 valence electrons. The lowest BCUT2D eigenvalue weighted by molar-refractivity contribution is -0.132. The third-order valence-corrected chi connectivity index (χ3v) is 7.51. The van der Waals surface area contributed by atoms with Gasteiger partial charge in [0.25, 0.3) is 0 Å². The van der Waals surface area contributed by atoms with E-state index in [4.69, 9.17) is 0 Å². The molecule has 0 radical (unpaired) electrons. The van der Waals surface area contributed by atoms with Gasteiger partial charge in [0.05, 0.1) is 4.90 Å². The molecule has 3 rings (SSSR count). The number of carbonyl (C=O) groups excluding carboxylic acids is 2. The number of benzene rings is 2. The summed E-state index contributed by atoms with van der Waals surface area (Å²) in [6.45, 7) is 6.86. The Bertz CT molecular complexity index is 1040. The monoisotopic (exact) mass is 428 g/mol. The van der Waals surface area contributed by atoms with Gasteiger partial charge in [0.15, 0.2) is 5.78 Å². The van der Waals surface area contributed by atoms with Crippen molar-refractivity contribution in [2.75, 3.05) is 26.2 Å². The van der Waals surface area contributed by atoms with Gasteiger partial charge in [0, 0.05) is 38.2 Å². The molecular weight excluding hydrogens is 400 g/mol. The van der Waals surface area contributed by atoms with Gasteiger partial charge in [-0.15, -0.1) is 0 Å². The van der Waals surface area contributed by atoms with Crippen LogP contribution in [0.5, 0.6) is 0 Å². The van der Waals surface area contributed by atoms with Crippen molar-refractivity contribution in [3.63, 3.8) is 0 Å². The van der Waals surface area contributed by atoms with Crippen LogP contribution in [0.4, 0.5) is 0 Å². The van der Waals surface area contributed by atoms with E-state index in [0.717, 1.165) is 0 Å². The minimum Gasteiger partial charge on any atom is -0.340 e. The smallest absolute Gasteiger partial charge is 0.243 e. The zero-order chi connectivity index (χ0) is 21.9. The van der Waals surface area contributed by atoms with Crippen LogP contribution in [0.25, 0.3) is 0 Å². The van der Waals surface area contributed by atoms with Crippen molar-refractivity contribution in [3.05, 3.63) is 64.7 Å². The first-order chi connectivity index (χ1) is 14.2. The standard InChI is InChI=1S/C23H28N2O4S/c1-17-4-5-20(18(2)16-17)8-11-23(27)24-12-14-25(15-13-24)30(28,29)22-9-6-21(7-10-22)19(3)26/h4-7,9-10,16H,8,11-15H2,1-3H3. The summed E-state index contributed by atoms with van der Waals surface area (Å²) in [5.41, 5.74) is 4.04. The Kier molecular flexibility index (Phi) is 6.73. The predicted octanol–water partition coefficient (Wildman–Crippen LogP) is 2.97. The maximum Gasteiger partial charge on any atom is 0.243 e. The van der Waals surface area contributed by atoms with Crippen molar-refractivity contribution in [3.8, 4) is 0 Å². The number of carbonyl (C=O) groups is 2. The lowest BCUT2D eigenvalue weighted by Crippen LogP contribution is -2.50. The molecule has 0 aromatic heterocycles. The lowest BCUT2D eigenvalue weighted by Gasteiger charge is -2.34. The molecule has 2 aromatic carbocycles. The van der Waals surface area contributed by atoms with E-state index < -0.39 is 10.0 Å². The first kappa shape index (κ1) is 22.2. The normalized spacial score (nSPS) is 15.2. The van der Waals surface area contributed by atoms with E-state index >= 15 is 0 Å². The maximum absolute atomic E-state index is 12.9. The van der Waals surface area contributed by atoms with Crippen LogP contribution in [0.3, 0.4) is 0 Å². The summed E-state index contributed by atoms with van der Waals surface area (Å²) in [7, 11) is -3.63. The molecule has 1 amide bonds. The van der Waals surface area contributed by atoms with Crippen molar-refractivity contribution >= 4 is 21.7 Å². The summed E-state index contributed by atoms with van der Waals surface area (Å²) in [6, 6.07) is 12.2. The molecule has 1 saturated heterocycles. The second kappa shape index (κ2) is 9.10. The van der Waals surface area contributed by atoms with E-state index in [1.165, 1.54) is 52.2 Å². The molecule has 6 nitrogen and oxygen atoms in total. The molecular formula is C23H28N2O4S. The van der Waals surface area contributed by atoms with E-state index in [2.05, 4.69) is 25.1 Å². The van der Waals surface area contributed by atoms with Crippen LogP contribution in [0.1, 0.15) is 40.4 Å². The van der Waals surface area contributed by atoms with E-state index in [1.807, 2.05) is 6.92 Å². The summed E-state index contributed by atoms with van der Waals surface area (Å²) in [5, 5.41) is 0. The highest BCUT2D eigenvalue weighted by molar-refractivity contribution is 7.89. The van der Waals surface area contributed by atoms with Crippen LogP contribution in [-0.2, 0) is 21.2 Å². The van der Waals surface area contributed by atoms with Gasteiger partial charge >= 0.3 is 0 Å². The topological polar surface area (TPSA) is 74.8 Å². The zero-order valence-electron chi connectivity index (χ0n) is 17.7. The van der Waals surface area contributed by atoms with Crippen molar-refractivity contribution < 1.29 is 18.0 Å². The number of Topliss-reactive ketones (excluding diaryl/α,β-unsaturated/α-hetero) is 1. The Balaban J connectivity index is 1.56. The van der Waals surface area contributed by atoms with Crippen LogP contribution in [0.15, 0.2) is 47.4 Å². The largest absolute Gasteiger partial charge is 0.340 e. The minimum atomic E-state index is -3.63. The average molecular weight is 429 g/mol. The molecule has 0 saturated carbocycles. The van der Waals surface area contributed by atoms with E-state index in [9.17, 15) is 18.0 Å². The summed E-state index contributed by atoms with van der Waals surface area (Å²) in [4.78, 5) is 25.9. The summed E-state index contributed by atoms with van der Waals surface area (Å²) >= 11 is 0. The quantitative estimate of drug-likeness (QED) is 0.663. The van der Waals surface area contributed by atoms with Gasteiger partial charge in [-0.05, 0) is 50.5 Å². The van der Waals surface area contributed by atoms with E-state index in [1.54, 1.807) is 4.90 Å². The lowest BCUT2D eigenvalue weighted by atomic mass is 10.0. The molecule has 0 bridgehead atoms. The number of piperazine rings is 1. The second-order valence-electron chi connectivity index (χ2n) is 7.80. The first-order valence-electron chi connectivity index (χ1n) is 10.1. The van der Waals surface area contributed by atoms with Crippen LogP contribution in [-0.4, -0.2) is 55.5 Å². The van der Waals surface area contributed by atoms with Gasteiger partial charge in [-0.1, -0.05) is 35.9 Å². The third-order valence-electron chi connectivity index (χ3n) is 5.60. The number of rotatable bonds is 6. The maximum atomic E-state index is 12.9. The Morgan fingerprint density at radius 2 is 1.57 bits per heavy atom. The Morgan fingerprint density at radius 3 is 2.13 bits per heavy atom. The molecule has 0 aliphatic carbocycles. The first-order valence-corrected chi connectivity index (χ1v) is 11.6. The van der Waals surface area contributed by atoms with Crippen LogP contribution >= 0.6 is 0 Å². The number of amides is 1. The van der Waals surface area contributed by atoms with Gasteiger partial charge in [-0.2, -0.15) is 4.31 Å². The number of hydrogen-bond acceptors (Lipinski definition) is 4. The molecule has 1 aliphatic rings. The number of aryl methyl sites for hydroxylation is 3. The molecule has 0 N–H and O–H groups in total. The Hall–Kier alpha value is -2.51. The highest BCUT2D eigenvalue weighted by Gasteiger charge is 2.30. The molecule has 30 heavy (non-hydrogen) atoms. The van der Waals surface area contributed by atoms with Crippen LogP contribution in [0, 0.1) is 13.8 Å². The van der Waals surface area contributed by atoms with Crippen molar-refractivity contribution in [2.24, 2.45) is 0 Å². The molecule has 1 fully saturated rings. The molecule has 1 heterocycles. The number of ketones is 1. The summed E-state index contributed by atoms with van der Waals surface area (Å²) < 4.78 is 27.1. The van der Waals surface area contributed by atoms with Crippen LogP contribution in [0.2, 0.25) is 0 Å². The van der Waals surface area contributed by atoms with Crippen molar-refractivity contribution in [2.45, 2.75) is 38.5 Å². The second-order valence-corrected chi connectivity index (χ2v) is 9.73. The number of hydrogen-bond donors (Lipinski definition) is 0. The third kappa shape index (κ3) is 4.96.